The number of primary amides is 1. The van der Waals surface area contributed by atoms with Crippen molar-refractivity contribution in [3.8, 4) is 57.1 Å². The van der Waals surface area contributed by atoms with Crippen LogP contribution in [0.25, 0.3) is 11.1 Å². The number of amides is 7. The number of aliphatic hydroxyl groups excluding tert-OH is 1. The van der Waals surface area contributed by atoms with Crippen molar-refractivity contribution in [2.45, 2.75) is 81.5 Å². The highest BCUT2D eigenvalue weighted by Crippen LogP contribution is 2.48. The van der Waals surface area contributed by atoms with Crippen LogP contribution in [0.5, 0.6) is 46.0 Å². The summed E-state index contributed by atoms with van der Waals surface area (Å²) in [6, 6.07) is 3.15. The number of aliphatic hydroxyl groups is 1. The van der Waals surface area contributed by atoms with Gasteiger partial charge in [0.05, 0.1) is 29.6 Å². The Kier molecular flexibility index (Phi) is 18.3. The van der Waals surface area contributed by atoms with Crippen molar-refractivity contribution in [1.29, 1.82) is 0 Å². The van der Waals surface area contributed by atoms with E-state index in [1.807, 2.05) is 13.8 Å². The predicted octanol–water partition coefficient (Wildman–Crippen LogP) is 2.83. The molecular weight excluding hydrogens is 1100 g/mol. The third-order valence-electron chi connectivity index (χ3n) is 13.4. The number of carbonyl (C=O) groups excluding carboxylic acids is 7. The maximum absolute atomic E-state index is 15.5. The molecule has 5 aromatic carbocycles. The lowest BCUT2D eigenvalue weighted by Crippen LogP contribution is -2.58. The molecule has 0 fully saturated rings. The van der Waals surface area contributed by atoms with E-state index in [1.165, 1.54) is 49.6 Å². The molecule has 423 valence electrons. The Hall–Kier alpha value is -8.78. The van der Waals surface area contributed by atoms with E-state index in [9.17, 15) is 54.3 Å². The molecule has 7 amide bonds. The summed E-state index contributed by atoms with van der Waals surface area (Å²) >= 11 is 13.7. The molecule has 81 heavy (non-hydrogen) atoms. The lowest BCUT2D eigenvalue weighted by Gasteiger charge is -2.31. The summed E-state index contributed by atoms with van der Waals surface area (Å²) in [7, 11) is 2.82. The van der Waals surface area contributed by atoms with Crippen LogP contribution in [0.1, 0.15) is 78.7 Å². The average Bonchev–Trinajstić information content (AvgIpc) is 3.52. The van der Waals surface area contributed by atoms with Crippen LogP contribution in [-0.2, 0) is 44.8 Å². The van der Waals surface area contributed by atoms with Crippen LogP contribution in [0.3, 0.4) is 0 Å². The number of hydrogen-bond donors (Lipinski definition) is 13. The fourth-order valence-electron chi connectivity index (χ4n) is 9.50. The zero-order chi connectivity index (χ0) is 58.0. The van der Waals surface area contributed by atoms with Crippen molar-refractivity contribution >= 4 is 78.9 Å². The molecule has 0 aromatic heterocycles. The minimum atomic E-state index is -2.15. The minimum absolute atomic E-state index is 0. The van der Waals surface area contributed by atoms with Crippen LogP contribution >= 0.6 is 23.2 Å². The highest BCUT2D eigenvalue weighted by atomic mass is 35.5. The van der Waals surface area contributed by atoms with E-state index in [0.29, 0.717) is 12.0 Å². The first kappa shape index (κ1) is 59.9. The van der Waals surface area contributed by atoms with Gasteiger partial charge in [-0.25, -0.2) is 4.79 Å². The molecule has 8 atom stereocenters. The molecule has 0 aliphatic carbocycles. The summed E-state index contributed by atoms with van der Waals surface area (Å²) in [4.78, 5) is 114. The number of fused-ring (bicyclic) bond motifs is 15. The van der Waals surface area contributed by atoms with Gasteiger partial charge in [-0.05, 0) is 96.2 Å². The van der Waals surface area contributed by atoms with Gasteiger partial charge >= 0.3 is 5.97 Å². The molecule has 0 spiro atoms. The summed E-state index contributed by atoms with van der Waals surface area (Å²) in [5.41, 5.74) is 4.15. The Morgan fingerprint density at radius 3 is 1.95 bits per heavy atom. The summed E-state index contributed by atoms with van der Waals surface area (Å²) in [5, 5.41) is 73.5. The first-order chi connectivity index (χ1) is 37.9. The number of likely N-dealkylation sites (N-methyl/N-ethyl adjacent to an activating group) is 1. The number of phenolic OH excluding ortho intramolecular Hbond substituents is 3. The Morgan fingerprint density at radius 1 is 0.728 bits per heavy atom. The van der Waals surface area contributed by atoms with Gasteiger partial charge in [0.15, 0.2) is 17.5 Å². The highest BCUT2D eigenvalue weighted by Gasteiger charge is 2.41. The number of rotatable bonds is 9. The number of benzene rings is 5. The van der Waals surface area contributed by atoms with Crippen LogP contribution in [0.2, 0.25) is 10.0 Å². The van der Waals surface area contributed by atoms with Gasteiger partial charge in [0, 0.05) is 37.6 Å². The van der Waals surface area contributed by atoms with Gasteiger partial charge in [-0.1, -0.05) is 55.2 Å². The first-order valence-corrected chi connectivity index (χ1v) is 25.4. The molecule has 5 heterocycles. The summed E-state index contributed by atoms with van der Waals surface area (Å²) in [5.74, 6) is -12.4. The Morgan fingerprint density at radius 2 is 1.35 bits per heavy atom. The van der Waals surface area contributed by atoms with E-state index in [-0.39, 0.29) is 81.8 Å². The number of nitrogens with two attached hydrogens (primary N) is 1. The van der Waals surface area contributed by atoms with E-state index >= 15 is 9.59 Å². The topological polar surface area (TPSA) is 376 Å². The molecule has 24 nitrogen and oxygen atoms in total. The second kappa shape index (κ2) is 24.7. The van der Waals surface area contributed by atoms with Gasteiger partial charge in [-0.15, -0.1) is 0 Å². The number of carboxylic acid groups (broad SMARTS) is 1. The Balaban J connectivity index is 0.00000946. The van der Waals surface area contributed by atoms with Crippen LogP contribution in [0.4, 0.5) is 0 Å². The SMILES string of the molecule is CNC(CC(C)C)C(=O)NC1Cc2ccc(c(Cl)c2)Oc2cc3cc(c2OC)Oc2ccc(cc2Cl)C(O)C2NC(=O)C(NC(=O)C3NC(=O)C(CC(N)=O)NC1=O)c1ccc(O)c(c1)-c1c(O)cc(O)cc1C(C(=O)O)NC2=O.[B]. The molecule has 3 radical (unpaired) electrons. The summed E-state index contributed by atoms with van der Waals surface area (Å²) in [6.07, 6.45) is -2.81. The summed E-state index contributed by atoms with van der Waals surface area (Å²) in [6.45, 7) is 3.79. The van der Waals surface area contributed by atoms with Gasteiger partial charge in [0.1, 0.15) is 65.1 Å². The number of carbonyl (C=O) groups is 8. The minimum Gasteiger partial charge on any atom is -0.508 e. The van der Waals surface area contributed by atoms with E-state index < -0.39 is 131 Å². The molecule has 10 rings (SSSR count). The molecule has 5 aliphatic heterocycles. The molecule has 5 aliphatic rings. The Bertz CT molecular complexity index is 3370. The van der Waals surface area contributed by atoms with Crippen molar-refractivity contribution in [1.82, 2.24) is 37.2 Å². The third-order valence-corrected chi connectivity index (χ3v) is 14.0. The molecule has 0 saturated heterocycles. The number of halogens is 2. The molecule has 5 aromatic rings. The Labute approximate surface area is 473 Å². The molecule has 0 saturated carbocycles. The molecule has 8 unspecified atom stereocenters. The smallest absolute Gasteiger partial charge is 0.330 e. The largest absolute Gasteiger partial charge is 0.508 e. The second-order valence-electron chi connectivity index (χ2n) is 19.5. The maximum atomic E-state index is 15.5. The molecular formula is C54H54BCl2N8O16. The molecule has 14 N–H and O–H groups in total. The van der Waals surface area contributed by atoms with Crippen LogP contribution in [0.15, 0.2) is 78.9 Å². The van der Waals surface area contributed by atoms with Crippen LogP contribution in [0, 0.1) is 5.92 Å². The zero-order valence-corrected chi connectivity index (χ0v) is 45.0. The first-order valence-electron chi connectivity index (χ1n) is 24.7. The fourth-order valence-corrected chi connectivity index (χ4v) is 9.97. The van der Waals surface area contributed by atoms with Gasteiger partial charge in [-0.2, -0.15) is 0 Å². The van der Waals surface area contributed by atoms with Crippen molar-refractivity contribution in [2.24, 2.45) is 11.7 Å². The second-order valence-corrected chi connectivity index (χ2v) is 20.3. The zero-order valence-electron chi connectivity index (χ0n) is 43.5. The van der Waals surface area contributed by atoms with E-state index in [2.05, 4.69) is 37.2 Å². The third kappa shape index (κ3) is 13.0. The standard InChI is InChI=1S/C54H54Cl2N8O16.B/c1-21(2)11-31(58-3)48(70)59-32-13-22-5-9-36(29(55)12-22)79-38-16-25-17-39(47(38)78-4)80-37-10-7-24(15-30(37)56)46(69)45-53(75)63-44(54(76)77)28-18-26(65)19-35(67)41(28)27-14-23(6-8-34(27)66)42(51(73)64-45)62-52(74)43(25)61-50(72)33(20-40(57)68)60-49(32)71;/h5-10,12,14-19,21,31-33,42-46,58,65-67,69H,11,13,20H2,1-4H3,(H2,57,68)(H,59,70)(H,60,71)(H,61,72)(H,62,74)(H,63,75)(H,64,73)(H,76,77);. The fraction of sp³-hybridized carbons (Fsp3) is 0.296. The van der Waals surface area contributed by atoms with Gasteiger partial charge in [-0.3, -0.25) is 33.6 Å². The number of phenols is 3. The maximum Gasteiger partial charge on any atom is 0.330 e. The number of ether oxygens (including phenoxy) is 3. The quantitative estimate of drug-likeness (QED) is 0.0944. The van der Waals surface area contributed by atoms with Crippen LogP contribution in [-0.4, -0.2) is 120 Å². The van der Waals surface area contributed by atoms with E-state index in [1.54, 1.807) is 13.1 Å². The number of carboxylic acids is 1. The van der Waals surface area contributed by atoms with Crippen molar-refractivity contribution in [3.63, 3.8) is 0 Å². The lowest BCUT2D eigenvalue weighted by molar-refractivity contribution is -0.143. The van der Waals surface area contributed by atoms with Gasteiger partial charge < -0.3 is 82.7 Å². The molecule has 27 heteroatoms. The number of methoxy groups -OCH3 is 1. The summed E-state index contributed by atoms with van der Waals surface area (Å²) < 4.78 is 18.6. The van der Waals surface area contributed by atoms with E-state index in [0.717, 1.165) is 30.3 Å². The van der Waals surface area contributed by atoms with Gasteiger partial charge in [0.25, 0.3) is 0 Å². The monoisotopic (exact) mass is 1150 g/mol. The average molecular weight is 1150 g/mol. The van der Waals surface area contributed by atoms with E-state index in [4.69, 9.17) is 43.1 Å². The van der Waals surface area contributed by atoms with Crippen molar-refractivity contribution in [2.75, 3.05) is 14.2 Å². The lowest BCUT2D eigenvalue weighted by atomic mass is 9.89. The van der Waals surface area contributed by atoms with Crippen molar-refractivity contribution in [3.05, 3.63) is 117 Å². The highest BCUT2D eigenvalue weighted by molar-refractivity contribution is 6.32. The molecule has 11 bridgehead atoms. The number of aromatic hydroxyl groups is 3. The number of aliphatic carboxylic acids is 1. The number of nitrogens with one attached hydrogen (secondary N) is 7. The number of hydrogen-bond acceptors (Lipinski definition) is 16. The van der Waals surface area contributed by atoms with Crippen LogP contribution < -0.4 is 57.2 Å². The van der Waals surface area contributed by atoms with Gasteiger partial charge in [0.2, 0.25) is 47.1 Å². The normalized spacial score (nSPS) is 21.2. The predicted molar refractivity (Wildman–Crippen MR) is 290 cm³/mol. The van der Waals surface area contributed by atoms with Crippen molar-refractivity contribution < 1.29 is 78.1 Å².